The fraction of sp³-hybridized carbons (Fsp3) is 0.300. The molecule has 7 nitrogen and oxygen atoms in total. The molecule has 27 heavy (non-hydrogen) atoms. The Morgan fingerprint density at radius 2 is 1.89 bits per heavy atom. The fourth-order valence-corrected chi connectivity index (χ4v) is 2.45. The Morgan fingerprint density at radius 1 is 1.11 bits per heavy atom. The smallest absolute Gasteiger partial charge is 0.338 e. The Balaban J connectivity index is 1.97. The zero-order valence-electron chi connectivity index (χ0n) is 15.6. The number of hydrogen-bond donors (Lipinski definition) is 1. The van der Waals surface area contributed by atoms with Gasteiger partial charge in [0, 0.05) is 19.0 Å². The second-order valence-corrected chi connectivity index (χ2v) is 5.83. The monoisotopic (exact) mass is 370 g/mol. The third-order valence-corrected chi connectivity index (χ3v) is 3.77. The summed E-state index contributed by atoms with van der Waals surface area (Å²) in [5, 5.41) is 2.58. The van der Waals surface area contributed by atoms with Crippen molar-refractivity contribution in [2.75, 3.05) is 19.0 Å². The van der Waals surface area contributed by atoms with Gasteiger partial charge in [0.15, 0.2) is 5.78 Å². The van der Waals surface area contributed by atoms with E-state index in [4.69, 9.17) is 9.47 Å². The largest absolute Gasteiger partial charge is 0.496 e. The van der Waals surface area contributed by atoms with E-state index in [9.17, 15) is 14.4 Å². The lowest BCUT2D eigenvalue weighted by atomic mass is 10.0. The lowest BCUT2D eigenvalue weighted by Gasteiger charge is -2.09. The Labute approximate surface area is 157 Å². The van der Waals surface area contributed by atoms with Gasteiger partial charge >= 0.3 is 5.97 Å². The van der Waals surface area contributed by atoms with Crippen LogP contribution >= 0.6 is 0 Å². The summed E-state index contributed by atoms with van der Waals surface area (Å²) in [5.74, 6) is -0.333. The van der Waals surface area contributed by atoms with Crippen LogP contribution in [0.1, 0.15) is 46.0 Å². The Kier molecular flexibility index (Phi) is 7.05. The summed E-state index contributed by atoms with van der Waals surface area (Å²) in [6, 6.07) is 8.25. The highest BCUT2D eigenvalue weighted by atomic mass is 16.5. The maximum atomic E-state index is 12.4. The zero-order valence-corrected chi connectivity index (χ0v) is 15.6. The molecular weight excluding hydrogens is 348 g/mol. The number of aromatic nitrogens is 1. The molecule has 1 heterocycles. The van der Waals surface area contributed by atoms with Crippen molar-refractivity contribution in [1.82, 2.24) is 4.98 Å². The highest BCUT2D eigenvalue weighted by molar-refractivity contribution is 6.02. The number of esters is 1. The van der Waals surface area contributed by atoms with Crippen molar-refractivity contribution >= 4 is 23.5 Å². The number of benzene rings is 1. The first-order chi connectivity index (χ1) is 12.9. The highest BCUT2D eigenvalue weighted by Crippen LogP contribution is 2.21. The molecule has 1 N–H and O–H groups in total. The van der Waals surface area contributed by atoms with E-state index in [0.29, 0.717) is 16.9 Å². The SMILES string of the molecule is CCOC(=O)c1ccnc(NC(=O)CCC(=O)c2cc(C)ccc2OC)c1. The summed E-state index contributed by atoms with van der Waals surface area (Å²) >= 11 is 0. The predicted molar refractivity (Wildman–Crippen MR) is 100 cm³/mol. The Morgan fingerprint density at radius 3 is 2.59 bits per heavy atom. The second kappa shape index (κ2) is 9.47. The molecule has 0 atom stereocenters. The van der Waals surface area contributed by atoms with Gasteiger partial charge in [-0.15, -0.1) is 0 Å². The summed E-state index contributed by atoms with van der Waals surface area (Å²) in [6.07, 6.45) is 1.43. The molecule has 2 aromatic rings. The molecule has 0 aliphatic heterocycles. The highest BCUT2D eigenvalue weighted by Gasteiger charge is 2.15. The quantitative estimate of drug-likeness (QED) is 0.566. The molecular formula is C20H22N2O5. The van der Waals surface area contributed by atoms with Crippen LogP contribution in [0.15, 0.2) is 36.5 Å². The number of nitrogens with zero attached hydrogens (tertiary/aromatic N) is 1. The third kappa shape index (κ3) is 5.64. The van der Waals surface area contributed by atoms with Gasteiger partial charge in [-0.2, -0.15) is 0 Å². The van der Waals surface area contributed by atoms with Crippen LogP contribution in [-0.4, -0.2) is 36.4 Å². The average Bonchev–Trinajstić information content (AvgIpc) is 2.66. The molecule has 0 radical (unpaired) electrons. The van der Waals surface area contributed by atoms with E-state index in [-0.39, 0.29) is 37.0 Å². The molecule has 0 saturated heterocycles. The number of hydrogen-bond acceptors (Lipinski definition) is 6. The molecule has 142 valence electrons. The number of nitrogens with one attached hydrogen (secondary N) is 1. The number of rotatable bonds is 8. The molecule has 7 heteroatoms. The van der Waals surface area contributed by atoms with E-state index in [1.807, 2.05) is 13.0 Å². The van der Waals surface area contributed by atoms with E-state index in [2.05, 4.69) is 10.3 Å². The summed E-state index contributed by atoms with van der Waals surface area (Å²) in [4.78, 5) is 40.3. The van der Waals surface area contributed by atoms with Crippen LogP contribution in [0.3, 0.4) is 0 Å². The molecule has 0 aliphatic carbocycles. The predicted octanol–water partition coefficient (Wildman–Crippen LogP) is 3.18. The average molecular weight is 370 g/mol. The third-order valence-electron chi connectivity index (χ3n) is 3.77. The molecule has 1 aromatic carbocycles. The van der Waals surface area contributed by atoms with Gasteiger partial charge in [-0.25, -0.2) is 9.78 Å². The summed E-state index contributed by atoms with van der Waals surface area (Å²) < 4.78 is 10.1. The maximum absolute atomic E-state index is 12.4. The topological polar surface area (TPSA) is 94.6 Å². The minimum absolute atomic E-state index is 0.0127. The molecule has 0 aliphatic rings. The molecule has 1 amide bonds. The first kappa shape index (κ1) is 20.1. The van der Waals surface area contributed by atoms with Gasteiger partial charge in [0.05, 0.1) is 24.8 Å². The number of ketones is 1. The van der Waals surface area contributed by atoms with E-state index < -0.39 is 5.97 Å². The van der Waals surface area contributed by atoms with Gasteiger partial charge in [-0.3, -0.25) is 9.59 Å². The first-order valence-corrected chi connectivity index (χ1v) is 8.55. The number of carbonyl (C=O) groups is 3. The second-order valence-electron chi connectivity index (χ2n) is 5.83. The van der Waals surface area contributed by atoms with Crippen molar-refractivity contribution in [3.05, 3.63) is 53.2 Å². The van der Waals surface area contributed by atoms with Gasteiger partial charge in [0.2, 0.25) is 5.91 Å². The van der Waals surface area contributed by atoms with Crippen LogP contribution in [0.5, 0.6) is 5.75 Å². The number of carbonyl (C=O) groups excluding carboxylic acids is 3. The van der Waals surface area contributed by atoms with E-state index in [1.54, 1.807) is 19.1 Å². The Bertz CT molecular complexity index is 848. The fourth-order valence-electron chi connectivity index (χ4n) is 2.45. The molecule has 0 saturated carbocycles. The number of amides is 1. The summed E-state index contributed by atoms with van der Waals surface area (Å²) in [5.41, 5.74) is 1.68. The number of pyridine rings is 1. The number of anilines is 1. The van der Waals surface area contributed by atoms with Gasteiger partial charge in [-0.1, -0.05) is 11.6 Å². The van der Waals surface area contributed by atoms with Crippen molar-refractivity contribution in [1.29, 1.82) is 0 Å². The number of methoxy groups -OCH3 is 1. The van der Waals surface area contributed by atoms with Gasteiger partial charge in [0.1, 0.15) is 11.6 Å². The lowest BCUT2D eigenvalue weighted by Crippen LogP contribution is -2.15. The zero-order chi connectivity index (χ0) is 19.8. The van der Waals surface area contributed by atoms with Crippen molar-refractivity contribution < 1.29 is 23.9 Å². The number of aryl methyl sites for hydroxylation is 1. The first-order valence-electron chi connectivity index (χ1n) is 8.55. The minimum Gasteiger partial charge on any atom is -0.496 e. The van der Waals surface area contributed by atoms with E-state index >= 15 is 0 Å². The number of ether oxygens (including phenoxy) is 2. The van der Waals surface area contributed by atoms with E-state index in [1.165, 1.54) is 25.4 Å². The van der Waals surface area contributed by atoms with Crippen molar-refractivity contribution in [3.63, 3.8) is 0 Å². The molecule has 2 rings (SSSR count). The Hall–Kier alpha value is -3.22. The van der Waals surface area contributed by atoms with Gasteiger partial charge in [0.25, 0.3) is 0 Å². The normalized spacial score (nSPS) is 10.2. The standard InChI is InChI=1S/C20H22N2O5/c1-4-27-20(25)14-9-10-21-18(12-14)22-19(24)8-6-16(23)15-11-13(2)5-7-17(15)26-3/h5,7,9-12H,4,6,8H2,1-3H3,(H,21,22,24). The van der Waals surface area contributed by atoms with Crippen LogP contribution < -0.4 is 10.1 Å². The minimum atomic E-state index is -0.489. The maximum Gasteiger partial charge on any atom is 0.338 e. The molecule has 0 spiro atoms. The van der Waals surface area contributed by atoms with Crippen molar-refractivity contribution in [3.8, 4) is 5.75 Å². The molecule has 1 aromatic heterocycles. The van der Waals surface area contributed by atoms with Crippen LogP contribution in [0.4, 0.5) is 5.82 Å². The summed E-state index contributed by atoms with van der Waals surface area (Å²) in [6.45, 7) is 3.85. The van der Waals surface area contributed by atoms with Crippen molar-refractivity contribution in [2.24, 2.45) is 0 Å². The van der Waals surface area contributed by atoms with E-state index in [0.717, 1.165) is 5.56 Å². The van der Waals surface area contributed by atoms with Gasteiger partial charge < -0.3 is 14.8 Å². The molecule has 0 unspecified atom stereocenters. The van der Waals surface area contributed by atoms with Crippen LogP contribution in [0.25, 0.3) is 0 Å². The van der Waals surface area contributed by atoms with Crippen LogP contribution in [0, 0.1) is 6.92 Å². The van der Waals surface area contributed by atoms with Crippen LogP contribution in [-0.2, 0) is 9.53 Å². The lowest BCUT2D eigenvalue weighted by molar-refractivity contribution is -0.116. The van der Waals surface area contributed by atoms with Gasteiger partial charge in [-0.05, 0) is 38.1 Å². The molecule has 0 bridgehead atoms. The number of Topliss-reactive ketones (excluding diaryl/α,β-unsaturated/α-hetero) is 1. The van der Waals surface area contributed by atoms with Crippen LogP contribution in [0.2, 0.25) is 0 Å². The molecule has 0 fully saturated rings. The summed E-state index contributed by atoms with van der Waals surface area (Å²) in [7, 11) is 1.50. The van der Waals surface area contributed by atoms with Crippen molar-refractivity contribution in [2.45, 2.75) is 26.7 Å².